The van der Waals surface area contributed by atoms with Crippen LogP contribution in [0.3, 0.4) is 0 Å². The minimum absolute atomic E-state index is 0.259. The van der Waals surface area contributed by atoms with Gasteiger partial charge in [-0.2, -0.15) is 0 Å². The third-order valence-electron chi connectivity index (χ3n) is 2.04. The van der Waals surface area contributed by atoms with Crippen molar-refractivity contribution >= 4 is 5.78 Å². The first-order valence-electron chi connectivity index (χ1n) is 5.77. The third kappa shape index (κ3) is 9.51. The molecular formula is C13H25NO. The average Bonchev–Trinajstić information content (AvgIpc) is 2.08. The highest BCUT2D eigenvalue weighted by molar-refractivity contribution is 5.75. The van der Waals surface area contributed by atoms with Gasteiger partial charge in [0, 0.05) is 18.7 Å². The van der Waals surface area contributed by atoms with Crippen LogP contribution in [0.15, 0.2) is 11.8 Å². The molecule has 0 aromatic carbocycles. The molecule has 0 amide bonds. The largest absolute Gasteiger partial charge is 0.388 e. The van der Waals surface area contributed by atoms with Gasteiger partial charge in [0.2, 0.25) is 0 Å². The van der Waals surface area contributed by atoms with Crippen LogP contribution in [0.1, 0.15) is 53.9 Å². The molecule has 0 aliphatic carbocycles. The van der Waals surface area contributed by atoms with Crippen molar-refractivity contribution in [2.75, 3.05) is 6.54 Å². The fourth-order valence-corrected chi connectivity index (χ4v) is 1.20. The number of hydrogen-bond donors (Lipinski definition) is 1. The second kappa shape index (κ2) is 6.65. The lowest BCUT2D eigenvalue weighted by atomic mass is 9.96. The van der Waals surface area contributed by atoms with Crippen LogP contribution in [0.5, 0.6) is 0 Å². The maximum absolute atomic E-state index is 10.9. The number of ketones is 1. The van der Waals surface area contributed by atoms with Gasteiger partial charge in [-0.15, -0.1) is 0 Å². The molecule has 0 atom stereocenters. The van der Waals surface area contributed by atoms with Crippen molar-refractivity contribution in [2.24, 2.45) is 5.41 Å². The second-order valence-electron chi connectivity index (χ2n) is 5.25. The number of hydrogen-bond acceptors (Lipinski definition) is 2. The minimum atomic E-state index is 0.259. The topological polar surface area (TPSA) is 29.1 Å². The molecule has 0 rings (SSSR count). The Morgan fingerprint density at radius 3 is 2.27 bits per heavy atom. The summed E-state index contributed by atoms with van der Waals surface area (Å²) in [5.41, 5.74) is 1.49. The van der Waals surface area contributed by atoms with Gasteiger partial charge < -0.3 is 10.1 Å². The Morgan fingerprint density at radius 2 is 1.87 bits per heavy atom. The van der Waals surface area contributed by atoms with Gasteiger partial charge in [0.05, 0.1) is 0 Å². The lowest BCUT2D eigenvalue weighted by Crippen LogP contribution is -2.26. The molecule has 0 aliphatic heterocycles. The Labute approximate surface area is 94.1 Å². The van der Waals surface area contributed by atoms with E-state index in [1.165, 1.54) is 5.70 Å². The van der Waals surface area contributed by atoms with Crippen LogP contribution < -0.4 is 5.32 Å². The number of carbonyl (C=O) groups is 1. The number of carbonyl (C=O) groups excluding carboxylic acids is 1. The quantitative estimate of drug-likeness (QED) is 0.730. The van der Waals surface area contributed by atoms with E-state index >= 15 is 0 Å². The zero-order valence-corrected chi connectivity index (χ0v) is 10.8. The number of allylic oxidation sites excluding steroid dienone is 2. The van der Waals surface area contributed by atoms with Gasteiger partial charge in [0.15, 0.2) is 0 Å². The summed E-state index contributed by atoms with van der Waals surface area (Å²) in [5.74, 6) is 0.259. The van der Waals surface area contributed by atoms with Crippen molar-refractivity contribution in [2.45, 2.75) is 53.9 Å². The molecule has 0 saturated heterocycles. The number of nitrogens with one attached hydrogen (secondary N) is 1. The minimum Gasteiger partial charge on any atom is -0.388 e. The Bertz CT molecular complexity index is 223. The van der Waals surface area contributed by atoms with E-state index in [1.54, 1.807) is 6.92 Å². The molecule has 0 aromatic heterocycles. The van der Waals surface area contributed by atoms with E-state index in [-0.39, 0.29) is 11.2 Å². The van der Waals surface area contributed by atoms with Crippen LogP contribution in [0.4, 0.5) is 0 Å². The van der Waals surface area contributed by atoms with E-state index in [2.05, 4.69) is 39.1 Å². The molecule has 2 nitrogen and oxygen atoms in total. The Morgan fingerprint density at radius 1 is 1.27 bits per heavy atom. The fraction of sp³-hybridized carbons (Fsp3) is 0.769. The zero-order chi connectivity index (χ0) is 11.9. The average molecular weight is 211 g/mol. The van der Waals surface area contributed by atoms with Crippen molar-refractivity contribution in [3.8, 4) is 0 Å². The van der Waals surface area contributed by atoms with Crippen molar-refractivity contribution in [3.05, 3.63) is 11.8 Å². The van der Waals surface area contributed by atoms with Crippen LogP contribution >= 0.6 is 0 Å². The molecule has 0 aliphatic rings. The maximum atomic E-state index is 10.9. The van der Waals surface area contributed by atoms with Crippen molar-refractivity contribution in [1.82, 2.24) is 5.32 Å². The summed E-state index contributed by atoms with van der Waals surface area (Å²) < 4.78 is 0. The SMILES string of the molecule is CC/C=C(/CCC(C)=O)NCC(C)(C)C. The molecule has 88 valence electrons. The molecule has 0 fully saturated rings. The van der Waals surface area contributed by atoms with Gasteiger partial charge in [0.25, 0.3) is 0 Å². The summed E-state index contributed by atoms with van der Waals surface area (Å²) in [7, 11) is 0. The highest BCUT2D eigenvalue weighted by atomic mass is 16.1. The molecule has 0 radical (unpaired) electrons. The van der Waals surface area contributed by atoms with Gasteiger partial charge >= 0.3 is 0 Å². The van der Waals surface area contributed by atoms with Crippen molar-refractivity contribution in [3.63, 3.8) is 0 Å². The first-order chi connectivity index (χ1) is 6.85. The fourth-order valence-electron chi connectivity index (χ4n) is 1.20. The summed E-state index contributed by atoms with van der Waals surface area (Å²) in [6.45, 7) is 11.3. The van der Waals surface area contributed by atoms with Gasteiger partial charge in [-0.3, -0.25) is 0 Å². The number of rotatable bonds is 6. The molecule has 0 aromatic rings. The van der Waals surface area contributed by atoms with E-state index in [0.29, 0.717) is 6.42 Å². The van der Waals surface area contributed by atoms with E-state index < -0.39 is 0 Å². The molecule has 0 unspecified atom stereocenters. The van der Waals surface area contributed by atoms with E-state index in [0.717, 1.165) is 19.4 Å². The Kier molecular flexibility index (Phi) is 6.30. The van der Waals surface area contributed by atoms with Gasteiger partial charge in [-0.25, -0.2) is 0 Å². The normalized spacial score (nSPS) is 12.7. The van der Waals surface area contributed by atoms with Gasteiger partial charge in [0.1, 0.15) is 5.78 Å². The van der Waals surface area contributed by atoms with E-state index in [1.807, 2.05) is 0 Å². The lowest BCUT2D eigenvalue weighted by molar-refractivity contribution is -0.117. The standard InChI is InChI=1S/C13H25NO/c1-6-7-12(9-8-11(2)15)14-10-13(3,4)5/h7,14H,6,8-10H2,1-5H3/b12-7-. The molecule has 0 heterocycles. The second-order valence-corrected chi connectivity index (χ2v) is 5.25. The van der Waals surface area contributed by atoms with Gasteiger partial charge in [-0.05, 0) is 25.2 Å². The summed E-state index contributed by atoms with van der Waals surface area (Å²) >= 11 is 0. The Hall–Kier alpha value is -0.790. The third-order valence-corrected chi connectivity index (χ3v) is 2.04. The molecule has 0 spiro atoms. The molecule has 0 bridgehead atoms. The van der Waals surface area contributed by atoms with Crippen LogP contribution in [-0.2, 0) is 4.79 Å². The summed E-state index contributed by atoms with van der Waals surface area (Å²) in [5, 5.41) is 3.42. The van der Waals surface area contributed by atoms with Gasteiger partial charge in [-0.1, -0.05) is 33.8 Å². The monoisotopic (exact) mass is 211 g/mol. The molecular weight excluding hydrogens is 186 g/mol. The van der Waals surface area contributed by atoms with Crippen molar-refractivity contribution < 1.29 is 4.79 Å². The lowest BCUT2D eigenvalue weighted by Gasteiger charge is -2.21. The maximum Gasteiger partial charge on any atom is 0.130 e. The van der Waals surface area contributed by atoms with Crippen molar-refractivity contribution in [1.29, 1.82) is 0 Å². The van der Waals surface area contributed by atoms with E-state index in [9.17, 15) is 4.79 Å². The Balaban J connectivity index is 4.06. The summed E-state index contributed by atoms with van der Waals surface area (Å²) in [6, 6.07) is 0. The summed E-state index contributed by atoms with van der Waals surface area (Å²) in [6.07, 6.45) is 4.68. The predicted molar refractivity (Wildman–Crippen MR) is 65.7 cm³/mol. The van der Waals surface area contributed by atoms with Crippen LogP contribution in [0, 0.1) is 5.41 Å². The highest BCUT2D eigenvalue weighted by Gasteiger charge is 2.10. The predicted octanol–water partition coefficient (Wildman–Crippen LogP) is 3.29. The van der Waals surface area contributed by atoms with Crippen LogP contribution in [0.2, 0.25) is 0 Å². The number of Topliss-reactive ketones (excluding diaryl/α,β-unsaturated/α-hetero) is 1. The molecule has 1 N–H and O–H groups in total. The summed E-state index contributed by atoms with van der Waals surface area (Å²) in [4.78, 5) is 10.9. The highest BCUT2D eigenvalue weighted by Crippen LogP contribution is 2.13. The van der Waals surface area contributed by atoms with Crippen LogP contribution in [0.25, 0.3) is 0 Å². The smallest absolute Gasteiger partial charge is 0.130 e. The zero-order valence-electron chi connectivity index (χ0n) is 10.8. The molecule has 0 saturated carbocycles. The van der Waals surface area contributed by atoms with Crippen LogP contribution in [-0.4, -0.2) is 12.3 Å². The first-order valence-corrected chi connectivity index (χ1v) is 5.77. The van der Waals surface area contributed by atoms with E-state index in [4.69, 9.17) is 0 Å². The first kappa shape index (κ1) is 14.2. The molecule has 15 heavy (non-hydrogen) atoms. The molecule has 2 heteroatoms.